The molecule has 27 heavy (non-hydrogen) atoms. The Bertz CT molecular complexity index is 973. The van der Waals surface area contributed by atoms with Gasteiger partial charge in [0.1, 0.15) is 12.4 Å². The molecular formula is C22H24N2O3. The van der Waals surface area contributed by atoms with Gasteiger partial charge in [-0.05, 0) is 55.8 Å². The fraction of sp³-hybridized carbons (Fsp3) is 0.318. The summed E-state index contributed by atoms with van der Waals surface area (Å²) in [6.45, 7) is 3.20. The van der Waals surface area contributed by atoms with Crippen LogP contribution in [-0.4, -0.2) is 29.8 Å². The number of para-hydroxylation sites is 1. The van der Waals surface area contributed by atoms with E-state index < -0.39 is 0 Å². The van der Waals surface area contributed by atoms with E-state index in [1.54, 1.807) is 11.8 Å². The molecule has 140 valence electrons. The van der Waals surface area contributed by atoms with Gasteiger partial charge in [-0.1, -0.05) is 24.3 Å². The predicted octanol–water partition coefficient (Wildman–Crippen LogP) is 3.23. The summed E-state index contributed by atoms with van der Waals surface area (Å²) in [5.41, 5.74) is 2.72. The molecule has 3 aromatic rings. The van der Waals surface area contributed by atoms with Gasteiger partial charge < -0.3 is 9.57 Å². The Morgan fingerprint density at radius 3 is 2.48 bits per heavy atom. The van der Waals surface area contributed by atoms with Crippen molar-refractivity contribution < 1.29 is 9.57 Å². The van der Waals surface area contributed by atoms with Gasteiger partial charge in [-0.25, -0.2) is 0 Å². The van der Waals surface area contributed by atoms with E-state index in [1.807, 2.05) is 54.7 Å². The largest absolute Gasteiger partial charge is 0.497 e. The highest BCUT2D eigenvalue weighted by atomic mass is 16.7. The molecule has 1 aliphatic heterocycles. The molecule has 0 atom stereocenters. The van der Waals surface area contributed by atoms with Gasteiger partial charge >= 0.3 is 0 Å². The predicted molar refractivity (Wildman–Crippen MR) is 106 cm³/mol. The lowest BCUT2D eigenvalue weighted by atomic mass is 10.1. The third-order valence-electron chi connectivity index (χ3n) is 5.07. The number of hydrogen-bond acceptors (Lipinski definition) is 4. The number of fused-ring (bicyclic) bond motifs is 1. The lowest BCUT2D eigenvalue weighted by Crippen LogP contribution is -2.26. The first-order valence-electron chi connectivity index (χ1n) is 9.36. The number of aromatic nitrogens is 1. The average Bonchev–Trinajstić information content (AvgIpc) is 3.23. The van der Waals surface area contributed by atoms with Crippen molar-refractivity contribution in [1.29, 1.82) is 0 Å². The Kier molecular flexibility index (Phi) is 5.12. The fourth-order valence-corrected chi connectivity index (χ4v) is 3.57. The maximum atomic E-state index is 12.9. The number of ether oxygens (including phenoxy) is 1. The molecule has 5 nitrogen and oxygen atoms in total. The lowest BCUT2D eigenvalue weighted by molar-refractivity contribution is 0.105. The molecule has 1 aliphatic rings. The second-order valence-electron chi connectivity index (χ2n) is 6.93. The molecular weight excluding hydrogens is 340 g/mol. The van der Waals surface area contributed by atoms with Crippen molar-refractivity contribution in [3.05, 3.63) is 76.1 Å². The molecule has 1 fully saturated rings. The highest BCUT2D eigenvalue weighted by Crippen LogP contribution is 2.16. The fourth-order valence-electron chi connectivity index (χ4n) is 3.57. The van der Waals surface area contributed by atoms with E-state index in [0.29, 0.717) is 18.5 Å². The van der Waals surface area contributed by atoms with E-state index in [9.17, 15) is 4.79 Å². The summed E-state index contributed by atoms with van der Waals surface area (Å²) in [4.78, 5) is 21.3. The standard InChI is InChI=1S/C22H24N2O3/c1-26-19-10-8-17(9-11-19)16-27-24-15-18(14-23-12-4-5-13-23)22(25)20-6-2-3-7-21(20)24/h2-3,6-11,15H,4-5,12-14,16H2,1H3. The monoisotopic (exact) mass is 364 g/mol. The minimum atomic E-state index is 0.0989. The van der Waals surface area contributed by atoms with Gasteiger partial charge in [0, 0.05) is 17.5 Å². The third-order valence-corrected chi connectivity index (χ3v) is 5.07. The number of nitrogens with zero attached hydrogens (tertiary/aromatic N) is 2. The van der Waals surface area contributed by atoms with Crippen molar-refractivity contribution in [2.24, 2.45) is 0 Å². The summed E-state index contributed by atoms with van der Waals surface area (Å²) in [6.07, 6.45) is 4.26. The van der Waals surface area contributed by atoms with Crippen LogP contribution in [0.25, 0.3) is 10.9 Å². The lowest BCUT2D eigenvalue weighted by Gasteiger charge is -2.18. The van der Waals surface area contributed by atoms with Crippen LogP contribution in [0.3, 0.4) is 0 Å². The van der Waals surface area contributed by atoms with Crippen molar-refractivity contribution in [1.82, 2.24) is 9.63 Å². The molecule has 2 aromatic carbocycles. The number of rotatable bonds is 6. The summed E-state index contributed by atoms with van der Waals surface area (Å²) in [7, 11) is 1.65. The molecule has 1 saturated heterocycles. The van der Waals surface area contributed by atoms with Gasteiger partial charge in [0.05, 0.1) is 18.8 Å². The Labute approximate surface area is 158 Å². The van der Waals surface area contributed by atoms with Crippen LogP contribution in [0.15, 0.2) is 59.5 Å². The molecule has 0 amide bonds. The normalized spacial score (nSPS) is 14.6. The van der Waals surface area contributed by atoms with Crippen molar-refractivity contribution in [2.75, 3.05) is 20.2 Å². The number of likely N-dealkylation sites (tertiary alicyclic amines) is 1. The molecule has 5 heteroatoms. The molecule has 0 radical (unpaired) electrons. The Balaban J connectivity index is 1.63. The summed E-state index contributed by atoms with van der Waals surface area (Å²) in [5.74, 6) is 0.820. The molecule has 0 saturated carbocycles. The Hall–Kier alpha value is -2.79. The second kappa shape index (κ2) is 7.84. The van der Waals surface area contributed by atoms with Gasteiger partial charge in [-0.15, -0.1) is 0 Å². The minimum Gasteiger partial charge on any atom is -0.497 e. The van der Waals surface area contributed by atoms with Crippen LogP contribution in [0.2, 0.25) is 0 Å². The van der Waals surface area contributed by atoms with Crippen LogP contribution in [-0.2, 0) is 13.2 Å². The smallest absolute Gasteiger partial charge is 0.194 e. The summed E-state index contributed by atoms with van der Waals surface area (Å²) in [6, 6.07) is 15.4. The molecule has 0 spiro atoms. The van der Waals surface area contributed by atoms with E-state index in [4.69, 9.17) is 9.57 Å². The molecule has 0 N–H and O–H groups in total. The van der Waals surface area contributed by atoms with Crippen LogP contribution >= 0.6 is 0 Å². The molecule has 0 unspecified atom stereocenters. The second-order valence-corrected chi connectivity index (χ2v) is 6.93. The molecule has 1 aromatic heterocycles. The van der Waals surface area contributed by atoms with Crippen molar-refractivity contribution in [3.63, 3.8) is 0 Å². The van der Waals surface area contributed by atoms with Crippen LogP contribution in [0.1, 0.15) is 24.0 Å². The highest BCUT2D eigenvalue weighted by Gasteiger charge is 2.16. The zero-order valence-corrected chi connectivity index (χ0v) is 15.6. The molecule has 0 aliphatic carbocycles. The van der Waals surface area contributed by atoms with E-state index in [-0.39, 0.29) is 5.43 Å². The van der Waals surface area contributed by atoms with Crippen molar-refractivity contribution in [3.8, 4) is 5.75 Å². The van der Waals surface area contributed by atoms with E-state index >= 15 is 0 Å². The topological polar surface area (TPSA) is 43.7 Å². The third kappa shape index (κ3) is 3.83. The summed E-state index contributed by atoms with van der Waals surface area (Å²) < 4.78 is 6.94. The Morgan fingerprint density at radius 1 is 1.00 bits per heavy atom. The maximum absolute atomic E-state index is 12.9. The summed E-state index contributed by atoms with van der Waals surface area (Å²) >= 11 is 0. The van der Waals surface area contributed by atoms with Crippen LogP contribution in [0, 0.1) is 0 Å². The van der Waals surface area contributed by atoms with Gasteiger partial charge in [0.25, 0.3) is 0 Å². The zero-order chi connectivity index (χ0) is 18.6. The number of benzene rings is 2. The van der Waals surface area contributed by atoms with Crippen molar-refractivity contribution >= 4 is 10.9 Å². The number of pyridine rings is 1. The van der Waals surface area contributed by atoms with Crippen molar-refractivity contribution in [2.45, 2.75) is 26.0 Å². The quantitative estimate of drug-likeness (QED) is 0.674. The first-order valence-corrected chi connectivity index (χ1v) is 9.36. The van der Waals surface area contributed by atoms with Crippen LogP contribution in [0.4, 0.5) is 0 Å². The molecule has 0 bridgehead atoms. The first-order chi connectivity index (χ1) is 13.2. The SMILES string of the molecule is COc1ccc(COn2cc(CN3CCCC3)c(=O)c3ccccc32)cc1. The zero-order valence-electron chi connectivity index (χ0n) is 15.6. The highest BCUT2D eigenvalue weighted by molar-refractivity contribution is 5.79. The number of methoxy groups -OCH3 is 1. The average molecular weight is 364 g/mol. The minimum absolute atomic E-state index is 0.0989. The van der Waals surface area contributed by atoms with E-state index in [2.05, 4.69) is 4.90 Å². The van der Waals surface area contributed by atoms with E-state index in [1.165, 1.54) is 12.8 Å². The van der Waals surface area contributed by atoms with E-state index in [0.717, 1.165) is 35.5 Å². The van der Waals surface area contributed by atoms with Gasteiger partial charge in [0.15, 0.2) is 5.43 Å². The molecule has 2 heterocycles. The Morgan fingerprint density at radius 2 is 1.74 bits per heavy atom. The first kappa shape index (κ1) is 17.6. The maximum Gasteiger partial charge on any atom is 0.194 e. The molecule has 4 rings (SSSR count). The number of hydrogen-bond donors (Lipinski definition) is 0. The summed E-state index contributed by atoms with van der Waals surface area (Å²) in [5, 5.41) is 0.698. The van der Waals surface area contributed by atoms with Gasteiger partial charge in [0.2, 0.25) is 0 Å². The van der Waals surface area contributed by atoms with Gasteiger partial charge in [-0.3, -0.25) is 9.69 Å². The van der Waals surface area contributed by atoms with Crippen LogP contribution < -0.4 is 15.0 Å². The van der Waals surface area contributed by atoms with Gasteiger partial charge in [-0.2, -0.15) is 4.73 Å². The van der Waals surface area contributed by atoms with Crippen LogP contribution in [0.5, 0.6) is 5.75 Å².